The van der Waals surface area contributed by atoms with E-state index in [1.54, 1.807) is 31.4 Å². The third kappa shape index (κ3) is 6.14. The van der Waals surface area contributed by atoms with Crippen LogP contribution in [-0.4, -0.2) is 27.7 Å². The second-order valence-corrected chi connectivity index (χ2v) is 8.56. The molecule has 2 aromatic carbocycles. The molecule has 0 bridgehead atoms. The summed E-state index contributed by atoms with van der Waals surface area (Å²) in [5.74, 6) is -0.432. The van der Waals surface area contributed by atoms with Gasteiger partial charge < -0.3 is 15.1 Å². The number of nitriles is 1. The Morgan fingerprint density at radius 3 is 2.41 bits per heavy atom. The maximum absolute atomic E-state index is 13.2. The van der Waals surface area contributed by atoms with Crippen LogP contribution in [0.5, 0.6) is 0 Å². The van der Waals surface area contributed by atoms with Crippen molar-refractivity contribution in [3.63, 3.8) is 0 Å². The van der Waals surface area contributed by atoms with Gasteiger partial charge in [-0.1, -0.05) is 12.1 Å². The van der Waals surface area contributed by atoms with Crippen molar-refractivity contribution in [2.45, 2.75) is 26.1 Å². The third-order valence-corrected chi connectivity index (χ3v) is 5.83. The van der Waals surface area contributed by atoms with Gasteiger partial charge in [0.2, 0.25) is 5.56 Å². The second kappa shape index (κ2) is 10.8. The van der Waals surface area contributed by atoms with Gasteiger partial charge in [-0.2, -0.15) is 23.5 Å². The molecule has 0 radical (unpaired) electrons. The molecule has 0 amide bonds. The predicted octanol–water partition coefficient (Wildman–Crippen LogP) is 5.28. The zero-order chi connectivity index (χ0) is 27.5. The molecule has 1 heterocycles. The summed E-state index contributed by atoms with van der Waals surface area (Å²) in [7, 11) is 2.91. The van der Waals surface area contributed by atoms with Gasteiger partial charge in [0.05, 0.1) is 23.2 Å². The number of rotatable bonds is 7. The molecule has 0 aliphatic heterocycles. The Kier molecular flexibility index (Phi) is 8.01. The van der Waals surface area contributed by atoms with E-state index in [-0.39, 0.29) is 22.5 Å². The molecular formula is C27H25F3N4O3. The fourth-order valence-corrected chi connectivity index (χ4v) is 4.13. The van der Waals surface area contributed by atoms with E-state index in [0.717, 1.165) is 17.2 Å². The summed E-state index contributed by atoms with van der Waals surface area (Å²) >= 11 is 0. The van der Waals surface area contributed by atoms with Gasteiger partial charge in [0.1, 0.15) is 0 Å². The van der Waals surface area contributed by atoms with E-state index in [2.05, 4.69) is 11.4 Å². The number of Topliss-reactive ketones (excluding diaryl/α,β-unsaturated/α-hetero) is 1. The number of carbonyl (C=O) groups is 1. The van der Waals surface area contributed by atoms with Crippen LogP contribution in [0.4, 0.5) is 18.9 Å². The van der Waals surface area contributed by atoms with Gasteiger partial charge in [-0.05, 0) is 66.9 Å². The van der Waals surface area contributed by atoms with E-state index in [9.17, 15) is 33.2 Å². The van der Waals surface area contributed by atoms with Crippen LogP contribution < -0.4 is 10.9 Å². The Morgan fingerprint density at radius 2 is 1.84 bits per heavy atom. The molecule has 1 aromatic heterocycles. The van der Waals surface area contributed by atoms with Gasteiger partial charge in [0.15, 0.2) is 5.78 Å². The van der Waals surface area contributed by atoms with Crippen LogP contribution in [0, 0.1) is 11.3 Å². The standard InChI is InChI=1S/C27H25F3N4O3/c1-16(32-21-7-5-6-20(13-21)27(28,29)30)25(17(2)35)26(34(4)37)22-10-8-18(14-31)12-23(22)19-9-11-24(36)33(3)15-19/h5-13,15,26,32,37H,1-4H3/b25-16-/t26-/m1/s1. The van der Waals surface area contributed by atoms with Crippen LogP contribution in [-0.2, 0) is 18.0 Å². The number of benzene rings is 2. The molecule has 3 rings (SSSR count). The van der Waals surface area contributed by atoms with Gasteiger partial charge >= 0.3 is 6.18 Å². The molecule has 0 unspecified atom stereocenters. The molecule has 0 aliphatic rings. The zero-order valence-electron chi connectivity index (χ0n) is 20.6. The highest BCUT2D eigenvalue weighted by molar-refractivity contribution is 5.96. The first-order chi connectivity index (χ1) is 17.3. The number of pyridine rings is 1. The number of anilines is 1. The Balaban J connectivity index is 2.21. The highest BCUT2D eigenvalue weighted by atomic mass is 19.4. The average Bonchev–Trinajstić information content (AvgIpc) is 2.83. The van der Waals surface area contributed by atoms with Crippen LogP contribution in [0.2, 0.25) is 0 Å². The zero-order valence-corrected chi connectivity index (χ0v) is 20.6. The van der Waals surface area contributed by atoms with E-state index in [0.29, 0.717) is 22.3 Å². The number of aromatic nitrogens is 1. The molecule has 2 N–H and O–H groups in total. The normalized spacial score (nSPS) is 13.1. The maximum Gasteiger partial charge on any atom is 0.416 e. The van der Waals surface area contributed by atoms with E-state index in [1.165, 1.54) is 49.7 Å². The molecule has 0 spiro atoms. The number of hydroxylamine groups is 2. The number of carbonyl (C=O) groups excluding carboxylic acids is 1. The molecule has 0 aliphatic carbocycles. The SMILES string of the molecule is CC(=O)/C(=C(\C)Nc1cccc(C(F)(F)F)c1)[C@@H](c1ccc(C#N)cc1-c1ccc(=O)n(C)c1)N(C)O. The number of hydrogen-bond donors (Lipinski definition) is 2. The monoisotopic (exact) mass is 510 g/mol. The van der Waals surface area contributed by atoms with Crippen LogP contribution in [0.15, 0.2) is 76.9 Å². The van der Waals surface area contributed by atoms with Crippen LogP contribution in [0.25, 0.3) is 11.1 Å². The lowest BCUT2D eigenvalue weighted by Crippen LogP contribution is -2.28. The Hall–Kier alpha value is -4.20. The number of nitrogens with zero attached hydrogens (tertiary/aromatic N) is 3. The van der Waals surface area contributed by atoms with Gasteiger partial charge in [0.25, 0.3) is 0 Å². The van der Waals surface area contributed by atoms with Gasteiger partial charge in [-0.3, -0.25) is 9.59 Å². The number of halogens is 3. The van der Waals surface area contributed by atoms with E-state index >= 15 is 0 Å². The predicted molar refractivity (Wildman–Crippen MR) is 133 cm³/mol. The minimum Gasteiger partial charge on any atom is -0.359 e. The summed E-state index contributed by atoms with van der Waals surface area (Å²) in [6.07, 6.45) is -2.97. The molecule has 10 heteroatoms. The highest BCUT2D eigenvalue weighted by Crippen LogP contribution is 2.37. The van der Waals surface area contributed by atoms with Crippen molar-refractivity contribution in [1.29, 1.82) is 5.26 Å². The molecule has 0 fully saturated rings. The van der Waals surface area contributed by atoms with Crippen molar-refractivity contribution in [1.82, 2.24) is 9.63 Å². The molecule has 3 aromatic rings. The first kappa shape index (κ1) is 27.4. The number of likely N-dealkylation sites (N-methyl/N-ethyl adjacent to an activating group) is 1. The summed E-state index contributed by atoms with van der Waals surface area (Å²) in [5, 5.41) is 23.8. The highest BCUT2D eigenvalue weighted by Gasteiger charge is 2.31. The van der Waals surface area contributed by atoms with Crippen molar-refractivity contribution in [2.75, 3.05) is 12.4 Å². The maximum atomic E-state index is 13.2. The number of allylic oxidation sites excluding steroid dienone is 1. The van der Waals surface area contributed by atoms with Gasteiger partial charge in [0, 0.05) is 43.3 Å². The lowest BCUT2D eigenvalue weighted by molar-refractivity contribution is -0.137. The Bertz CT molecular complexity index is 1470. The summed E-state index contributed by atoms with van der Waals surface area (Å²) in [6.45, 7) is 2.82. The van der Waals surface area contributed by atoms with Crippen LogP contribution >= 0.6 is 0 Å². The number of hydrogen-bond acceptors (Lipinski definition) is 6. The topological polar surface area (TPSA) is 98.4 Å². The van der Waals surface area contributed by atoms with Crippen molar-refractivity contribution in [3.05, 3.63) is 99.1 Å². The van der Waals surface area contributed by atoms with Crippen molar-refractivity contribution in [2.24, 2.45) is 7.05 Å². The quantitative estimate of drug-likeness (QED) is 0.332. The molecule has 0 saturated carbocycles. The van der Waals surface area contributed by atoms with Crippen molar-refractivity contribution >= 4 is 11.5 Å². The third-order valence-electron chi connectivity index (χ3n) is 5.83. The fourth-order valence-electron chi connectivity index (χ4n) is 4.13. The lowest BCUT2D eigenvalue weighted by Gasteiger charge is -2.29. The van der Waals surface area contributed by atoms with Crippen molar-refractivity contribution < 1.29 is 23.2 Å². The summed E-state index contributed by atoms with van der Waals surface area (Å²) in [5.41, 5.74) is 1.16. The molecule has 1 atom stereocenters. The minimum atomic E-state index is -4.54. The first-order valence-corrected chi connectivity index (χ1v) is 11.1. The molecular weight excluding hydrogens is 485 g/mol. The molecule has 0 saturated heterocycles. The van der Waals surface area contributed by atoms with Crippen molar-refractivity contribution in [3.8, 4) is 17.2 Å². The minimum absolute atomic E-state index is 0.0955. The fraction of sp³-hybridized carbons (Fsp3) is 0.222. The summed E-state index contributed by atoms with van der Waals surface area (Å²) in [4.78, 5) is 24.8. The van der Waals surface area contributed by atoms with Gasteiger partial charge in [-0.25, -0.2) is 0 Å². The molecule has 192 valence electrons. The van der Waals surface area contributed by atoms with Gasteiger partial charge in [-0.15, -0.1) is 0 Å². The smallest absolute Gasteiger partial charge is 0.359 e. The molecule has 37 heavy (non-hydrogen) atoms. The van der Waals surface area contributed by atoms with Crippen LogP contribution in [0.3, 0.4) is 0 Å². The number of nitrogens with one attached hydrogen (secondary N) is 1. The number of alkyl halides is 3. The summed E-state index contributed by atoms with van der Waals surface area (Å²) in [6, 6.07) is 13.2. The lowest BCUT2D eigenvalue weighted by atomic mass is 9.87. The molecule has 7 nitrogen and oxygen atoms in total. The number of aryl methyl sites for hydroxylation is 1. The number of ketones is 1. The first-order valence-electron chi connectivity index (χ1n) is 11.1. The van der Waals surface area contributed by atoms with E-state index in [1.807, 2.05) is 0 Å². The average molecular weight is 511 g/mol. The van der Waals surface area contributed by atoms with Crippen LogP contribution in [0.1, 0.15) is 36.6 Å². The summed E-state index contributed by atoms with van der Waals surface area (Å²) < 4.78 is 40.9. The Labute approximate surface area is 211 Å². The Morgan fingerprint density at radius 1 is 1.14 bits per heavy atom. The largest absolute Gasteiger partial charge is 0.416 e. The van der Waals surface area contributed by atoms with E-state index in [4.69, 9.17) is 0 Å². The second-order valence-electron chi connectivity index (χ2n) is 8.56. The van der Waals surface area contributed by atoms with E-state index < -0.39 is 23.6 Å².